The maximum Gasteiger partial charge on any atom is 0.490 e. The predicted octanol–water partition coefficient (Wildman–Crippen LogP) is 1.87. The Labute approximate surface area is 171 Å². The largest absolute Gasteiger partial charge is 0.490 e. The number of aromatic nitrogens is 2. The quantitative estimate of drug-likeness (QED) is 0.735. The first-order chi connectivity index (χ1) is 14.2. The van der Waals surface area contributed by atoms with Gasteiger partial charge in [0, 0.05) is 37.9 Å². The third-order valence-electron chi connectivity index (χ3n) is 5.54. The minimum Gasteiger partial charge on any atom is -0.475 e. The van der Waals surface area contributed by atoms with Gasteiger partial charge in [0.15, 0.2) is 0 Å². The Bertz CT molecular complexity index is 730. The fourth-order valence-corrected chi connectivity index (χ4v) is 3.77. The standard InChI is InChI=1S/C17H24N4O2.C2HF3O2/c22-16(20-9-12-2-3-12)8-15-14-4-7-21(10-13(14)11-23-15)17-18-5-1-6-19-17;3-2(4,5)1(6)7/h1,5-6,12-15H,2-4,7-11H2,(H,20,22);(H,6,7)/t13-,14-,15+;/m1./s1. The summed E-state index contributed by atoms with van der Waals surface area (Å²) < 4.78 is 37.7. The summed E-state index contributed by atoms with van der Waals surface area (Å²) in [4.78, 5) is 31.9. The Balaban J connectivity index is 0.000000318. The van der Waals surface area contributed by atoms with Gasteiger partial charge in [-0.1, -0.05) is 0 Å². The molecule has 0 unspecified atom stereocenters. The van der Waals surface area contributed by atoms with Crippen molar-refractivity contribution in [1.82, 2.24) is 15.3 Å². The van der Waals surface area contributed by atoms with Gasteiger partial charge in [0.1, 0.15) is 0 Å². The number of nitrogens with zero attached hydrogens (tertiary/aromatic N) is 3. The molecular weight excluding hydrogens is 405 g/mol. The van der Waals surface area contributed by atoms with E-state index in [0.29, 0.717) is 18.3 Å². The van der Waals surface area contributed by atoms with Crippen molar-refractivity contribution in [3.8, 4) is 0 Å². The van der Waals surface area contributed by atoms with Crippen molar-refractivity contribution >= 4 is 17.8 Å². The molecule has 1 saturated carbocycles. The predicted molar refractivity (Wildman–Crippen MR) is 99.6 cm³/mol. The Kier molecular flexibility index (Phi) is 7.11. The molecule has 3 heterocycles. The first-order valence-electron chi connectivity index (χ1n) is 9.94. The fourth-order valence-electron chi connectivity index (χ4n) is 3.77. The SMILES string of the molecule is O=C(C[C@@H]1OC[C@H]2CN(c3ncccn3)CC[C@H]21)NCC1CC1.O=C(O)C(F)(F)F. The van der Waals surface area contributed by atoms with Crippen LogP contribution in [-0.2, 0) is 14.3 Å². The number of halogens is 3. The monoisotopic (exact) mass is 430 g/mol. The Hall–Kier alpha value is -2.43. The fraction of sp³-hybridized carbons (Fsp3) is 0.684. The van der Waals surface area contributed by atoms with E-state index in [9.17, 15) is 18.0 Å². The van der Waals surface area contributed by atoms with Gasteiger partial charge in [-0.05, 0) is 37.2 Å². The van der Waals surface area contributed by atoms with E-state index in [-0.39, 0.29) is 12.0 Å². The van der Waals surface area contributed by atoms with Crippen LogP contribution >= 0.6 is 0 Å². The molecule has 2 N–H and O–H groups in total. The van der Waals surface area contributed by atoms with E-state index in [1.807, 2.05) is 6.07 Å². The number of carboxylic acid groups (broad SMARTS) is 1. The van der Waals surface area contributed by atoms with Crippen LogP contribution in [-0.4, -0.2) is 65.5 Å². The van der Waals surface area contributed by atoms with Crippen LogP contribution in [0.15, 0.2) is 18.5 Å². The summed E-state index contributed by atoms with van der Waals surface area (Å²) in [7, 11) is 0. The van der Waals surface area contributed by atoms with Crippen LogP contribution in [0.2, 0.25) is 0 Å². The van der Waals surface area contributed by atoms with E-state index >= 15 is 0 Å². The summed E-state index contributed by atoms with van der Waals surface area (Å²) in [5.41, 5.74) is 0. The van der Waals surface area contributed by atoms with Crippen LogP contribution in [0.4, 0.5) is 19.1 Å². The molecule has 1 aromatic heterocycles. The number of piperidine rings is 1. The molecule has 3 fully saturated rings. The number of carbonyl (C=O) groups excluding carboxylic acids is 1. The van der Waals surface area contributed by atoms with E-state index < -0.39 is 12.1 Å². The third kappa shape index (κ3) is 6.28. The lowest BCUT2D eigenvalue weighted by atomic mass is 9.83. The van der Waals surface area contributed by atoms with Crippen molar-refractivity contribution in [2.45, 2.75) is 38.0 Å². The zero-order valence-electron chi connectivity index (χ0n) is 16.3. The van der Waals surface area contributed by atoms with Gasteiger partial charge in [0.05, 0.1) is 19.1 Å². The van der Waals surface area contributed by atoms with Crippen molar-refractivity contribution in [3.05, 3.63) is 18.5 Å². The molecule has 1 aliphatic carbocycles. The van der Waals surface area contributed by atoms with Crippen LogP contribution in [0.3, 0.4) is 0 Å². The van der Waals surface area contributed by atoms with Crippen molar-refractivity contribution in [2.75, 3.05) is 31.1 Å². The zero-order chi connectivity index (χ0) is 21.7. The lowest BCUT2D eigenvalue weighted by molar-refractivity contribution is -0.192. The smallest absolute Gasteiger partial charge is 0.475 e. The molecular formula is C19H25F3N4O4. The first kappa shape index (κ1) is 22.3. The molecule has 1 amide bonds. The molecule has 0 aromatic carbocycles. The average Bonchev–Trinajstić information content (AvgIpc) is 3.47. The zero-order valence-corrected chi connectivity index (χ0v) is 16.3. The van der Waals surface area contributed by atoms with Gasteiger partial charge >= 0.3 is 12.1 Å². The number of fused-ring (bicyclic) bond motifs is 1. The number of alkyl halides is 3. The van der Waals surface area contributed by atoms with Crippen molar-refractivity contribution in [3.63, 3.8) is 0 Å². The van der Waals surface area contributed by atoms with Crippen LogP contribution in [0.1, 0.15) is 25.7 Å². The number of carbonyl (C=O) groups is 2. The summed E-state index contributed by atoms with van der Waals surface area (Å²) in [5, 5.41) is 10.2. The number of amides is 1. The maximum atomic E-state index is 12.1. The molecule has 2 aliphatic heterocycles. The number of nitrogens with one attached hydrogen (secondary N) is 1. The lowest BCUT2D eigenvalue weighted by Crippen LogP contribution is -2.43. The van der Waals surface area contributed by atoms with Crippen molar-refractivity contribution in [1.29, 1.82) is 0 Å². The second kappa shape index (κ2) is 9.59. The first-order valence-corrected chi connectivity index (χ1v) is 9.94. The normalized spacial score (nSPS) is 25.7. The average molecular weight is 430 g/mol. The Morgan fingerprint density at radius 2 is 1.90 bits per heavy atom. The number of ether oxygens (including phenoxy) is 1. The Morgan fingerprint density at radius 3 is 2.50 bits per heavy atom. The van der Waals surface area contributed by atoms with Gasteiger partial charge in [0.2, 0.25) is 11.9 Å². The molecule has 2 saturated heterocycles. The summed E-state index contributed by atoms with van der Waals surface area (Å²) in [6.45, 7) is 3.46. The van der Waals surface area contributed by atoms with Gasteiger partial charge in [-0.2, -0.15) is 13.2 Å². The molecule has 1 aromatic rings. The number of anilines is 1. The summed E-state index contributed by atoms with van der Waals surface area (Å²) >= 11 is 0. The van der Waals surface area contributed by atoms with Crippen LogP contribution < -0.4 is 10.2 Å². The molecule has 0 bridgehead atoms. The van der Waals surface area contributed by atoms with Gasteiger partial charge in [-0.3, -0.25) is 4.79 Å². The highest BCUT2D eigenvalue weighted by Crippen LogP contribution is 2.36. The molecule has 30 heavy (non-hydrogen) atoms. The number of carboxylic acids is 1. The highest BCUT2D eigenvalue weighted by molar-refractivity contribution is 5.76. The van der Waals surface area contributed by atoms with E-state index in [1.54, 1.807) is 12.4 Å². The minimum absolute atomic E-state index is 0.0815. The second-order valence-electron chi connectivity index (χ2n) is 7.83. The van der Waals surface area contributed by atoms with Crippen LogP contribution in [0.5, 0.6) is 0 Å². The van der Waals surface area contributed by atoms with E-state index in [0.717, 1.165) is 44.5 Å². The highest BCUT2D eigenvalue weighted by atomic mass is 19.4. The van der Waals surface area contributed by atoms with Crippen LogP contribution in [0, 0.1) is 17.8 Å². The molecule has 3 atom stereocenters. The summed E-state index contributed by atoms with van der Waals surface area (Å²) in [6.07, 6.45) is 2.65. The van der Waals surface area contributed by atoms with Gasteiger partial charge in [0.25, 0.3) is 0 Å². The van der Waals surface area contributed by atoms with E-state index in [1.165, 1.54) is 12.8 Å². The lowest BCUT2D eigenvalue weighted by Gasteiger charge is -2.35. The van der Waals surface area contributed by atoms with Crippen LogP contribution in [0.25, 0.3) is 0 Å². The molecule has 0 radical (unpaired) electrons. The molecule has 0 spiro atoms. The second-order valence-corrected chi connectivity index (χ2v) is 7.83. The molecule has 166 valence electrons. The maximum absolute atomic E-state index is 12.1. The van der Waals surface area contributed by atoms with E-state index in [4.69, 9.17) is 14.6 Å². The minimum atomic E-state index is -5.08. The number of aliphatic carboxylic acids is 1. The van der Waals surface area contributed by atoms with Gasteiger partial charge in [-0.15, -0.1) is 0 Å². The number of rotatable bonds is 5. The summed E-state index contributed by atoms with van der Waals surface area (Å²) in [6, 6.07) is 1.84. The molecule has 8 nitrogen and oxygen atoms in total. The van der Waals surface area contributed by atoms with Gasteiger partial charge < -0.3 is 20.1 Å². The van der Waals surface area contributed by atoms with Gasteiger partial charge in [-0.25, -0.2) is 14.8 Å². The number of hydrogen-bond acceptors (Lipinski definition) is 6. The van der Waals surface area contributed by atoms with Crippen molar-refractivity contribution < 1.29 is 32.6 Å². The number of hydrogen-bond donors (Lipinski definition) is 2. The van der Waals surface area contributed by atoms with E-state index in [2.05, 4.69) is 20.2 Å². The highest BCUT2D eigenvalue weighted by Gasteiger charge is 2.42. The third-order valence-corrected chi connectivity index (χ3v) is 5.54. The topological polar surface area (TPSA) is 105 Å². The summed E-state index contributed by atoms with van der Waals surface area (Å²) in [5.74, 6) is -0.110. The van der Waals surface area contributed by atoms with Crippen molar-refractivity contribution in [2.24, 2.45) is 17.8 Å². The molecule has 4 rings (SSSR count). The molecule has 3 aliphatic rings. The molecule has 11 heteroatoms. The Morgan fingerprint density at radius 1 is 1.23 bits per heavy atom.